The smallest absolute Gasteiger partial charge is 0.307 e. The fraction of sp³-hybridized carbons (Fsp3) is 0.409. The molecule has 1 aromatic heterocycles. The zero-order chi connectivity index (χ0) is 20.6. The molecule has 2 atom stereocenters. The van der Waals surface area contributed by atoms with Crippen LogP contribution in [-0.2, 0) is 9.59 Å². The lowest BCUT2D eigenvalue weighted by Gasteiger charge is -2.29. The number of thiazole rings is 1. The maximum Gasteiger partial charge on any atom is 0.307 e. The molecule has 3 rings (SSSR count). The average molecular weight is 399 g/mol. The Bertz CT molecular complexity index is 974. The summed E-state index contributed by atoms with van der Waals surface area (Å²) in [5, 5.41) is 13.0. The summed E-state index contributed by atoms with van der Waals surface area (Å²) in [6, 6.07) is 6.23. The number of carbonyl (C=O) groups is 2. The lowest BCUT2D eigenvalue weighted by atomic mass is 9.76. The fourth-order valence-electron chi connectivity index (χ4n) is 3.72. The van der Waals surface area contributed by atoms with Crippen molar-refractivity contribution in [1.29, 1.82) is 0 Å². The molecule has 0 spiro atoms. The Morgan fingerprint density at radius 2 is 1.71 bits per heavy atom. The molecule has 0 saturated heterocycles. The number of hydrogen-bond donors (Lipinski definition) is 2. The molecule has 0 saturated carbocycles. The molecule has 0 radical (unpaired) electrons. The van der Waals surface area contributed by atoms with Crippen LogP contribution in [0.3, 0.4) is 0 Å². The van der Waals surface area contributed by atoms with Gasteiger partial charge >= 0.3 is 5.97 Å². The molecule has 1 amide bonds. The van der Waals surface area contributed by atoms with Gasteiger partial charge in [-0.05, 0) is 59.1 Å². The number of aliphatic carboxylic acids is 1. The molecule has 1 aliphatic rings. The first-order valence-corrected chi connectivity index (χ1v) is 10.2. The van der Waals surface area contributed by atoms with Gasteiger partial charge in [0.25, 0.3) is 0 Å². The summed E-state index contributed by atoms with van der Waals surface area (Å²) in [6.45, 7) is 9.99. The Morgan fingerprint density at radius 1 is 1.07 bits per heavy atom. The first-order chi connectivity index (χ1) is 13.2. The van der Waals surface area contributed by atoms with E-state index in [9.17, 15) is 14.7 Å². The van der Waals surface area contributed by atoms with Crippen LogP contribution >= 0.6 is 11.3 Å². The van der Waals surface area contributed by atoms with Crippen molar-refractivity contribution in [3.8, 4) is 11.3 Å². The second-order valence-electron chi connectivity index (χ2n) is 7.75. The van der Waals surface area contributed by atoms with E-state index >= 15 is 0 Å². The number of hydrogen-bond acceptors (Lipinski definition) is 4. The first kappa shape index (κ1) is 20.3. The number of nitrogens with zero attached hydrogens (tertiary/aromatic N) is 1. The Balaban J connectivity index is 1.85. The number of carboxylic acid groups (broad SMARTS) is 1. The highest BCUT2D eigenvalue weighted by Gasteiger charge is 2.37. The number of rotatable bonds is 4. The van der Waals surface area contributed by atoms with Crippen LogP contribution in [0, 0.1) is 32.6 Å². The second kappa shape index (κ2) is 7.87. The average Bonchev–Trinajstić information content (AvgIpc) is 2.98. The van der Waals surface area contributed by atoms with Crippen LogP contribution < -0.4 is 5.32 Å². The highest BCUT2D eigenvalue weighted by Crippen LogP contribution is 2.37. The number of carbonyl (C=O) groups excluding carboxylic acids is 1. The van der Waals surface area contributed by atoms with Gasteiger partial charge in [-0.2, -0.15) is 0 Å². The third-order valence-electron chi connectivity index (χ3n) is 5.60. The van der Waals surface area contributed by atoms with Crippen LogP contribution in [-0.4, -0.2) is 22.0 Å². The van der Waals surface area contributed by atoms with Crippen LogP contribution in [0.1, 0.15) is 42.7 Å². The summed E-state index contributed by atoms with van der Waals surface area (Å²) in [4.78, 5) is 30.2. The van der Waals surface area contributed by atoms with Gasteiger partial charge < -0.3 is 10.4 Å². The fourth-order valence-corrected chi connectivity index (χ4v) is 4.55. The lowest BCUT2D eigenvalue weighted by molar-refractivity contribution is -0.146. The number of aromatic nitrogens is 1. The minimum absolute atomic E-state index is 0.263. The predicted octanol–water partition coefficient (Wildman–Crippen LogP) is 5.12. The van der Waals surface area contributed by atoms with Gasteiger partial charge in [0, 0.05) is 10.4 Å². The van der Waals surface area contributed by atoms with E-state index < -0.39 is 17.8 Å². The van der Waals surface area contributed by atoms with E-state index in [0.717, 1.165) is 38.4 Å². The molecule has 0 fully saturated rings. The summed E-state index contributed by atoms with van der Waals surface area (Å²) in [6.07, 6.45) is 0.896. The van der Waals surface area contributed by atoms with Gasteiger partial charge in [0.05, 0.1) is 17.5 Å². The zero-order valence-corrected chi connectivity index (χ0v) is 17.7. The van der Waals surface area contributed by atoms with Crippen molar-refractivity contribution in [2.24, 2.45) is 11.8 Å². The summed E-state index contributed by atoms with van der Waals surface area (Å²) < 4.78 is 0. The van der Waals surface area contributed by atoms with E-state index in [1.807, 2.05) is 34.6 Å². The summed E-state index contributed by atoms with van der Waals surface area (Å²) in [7, 11) is 0. The highest BCUT2D eigenvalue weighted by molar-refractivity contribution is 7.16. The van der Waals surface area contributed by atoms with Gasteiger partial charge in [-0.1, -0.05) is 28.8 Å². The number of amides is 1. The van der Waals surface area contributed by atoms with E-state index in [1.54, 1.807) is 0 Å². The molecule has 1 aromatic carbocycles. The van der Waals surface area contributed by atoms with Crippen molar-refractivity contribution < 1.29 is 14.7 Å². The third kappa shape index (κ3) is 4.02. The SMILES string of the molecule is CC1=C(C)C[C@@H](C(=O)Nc2nc(-c3cc(C)ccc3C)c(C)s2)[C@H](C(=O)O)C1. The van der Waals surface area contributed by atoms with Gasteiger partial charge in [-0.25, -0.2) is 4.98 Å². The number of anilines is 1. The monoisotopic (exact) mass is 398 g/mol. The second-order valence-corrected chi connectivity index (χ2v) is 8.95. The molecule has 1 heterocycles. The van der Waals surface area contributed by atoms with Crippen molar-refractivity contribution in [3.05, 3.63) is 45.3 Å². The third-order valence-corrected chi connectivity index (χ3v) is 6.48. The standard InChI is InChI=1S/C22H26N2O3S/c1-11-6-7-12(2)16(8-11)19-15(5)28-22(23-19)24-20(25)17-9-13(3)14(4)10-18(17)21(26)27/h6-8,17-18H,9-10H2,1-5H3,(H,26,27)(H,23,24,25)/t17-,18-/m1/s1. The van der Waals surface area contributed by atoms with E-state index in [1.165, 1.54) is 11.3 Å². The largest absolute Gasteiger partial charge is 0.481 e. The van der Waals surface area contributed by atoms with Crippen molar-refractivity contribution >= 4 is 28.3 Å². The van der Waals surface area contributed by atoms with Crippen molar-refractivity contribution in [2.75, 3.05) is 5.32 Å². The molecule has 1 aliphatic carbocycles. The van der Waals surface area contributed by atoms with E-state index in [2.05, 4.69) is 28.5 Å². The molecule has 2 aromatic rings. The Kier molecular flexibility index (Phi) is 5.70. The molecular weight excluding hydrogens is 372 g/mol. The van der Waals surface area contributed by atoms with E-state index in [4.69, 9.17) is 0 Å². The van der Waals surface area contributed by atoms with E-state index in [-0.39, 0.29) is 5.91 Å². The normalized spacial score (nSPS) is 19.6. The molecule has 0 bridgehead atoms. The highest BCUT2D eigenvalue weighted by atomic mass is 32.1. The van der Waals surface area contributed by atoms with Crippen LogP contribution in [0.25, 0.3) is 11.3 Å². The number of aryl methyl sites for hydroxylation is 3. The Morgan fingerprint density at radius 3 is 2.36 bits per heavy atom. The molecule has 5 nitrogen and oxygen atoms in total. The van der Waals surface area contributed by atoms with E-state index in [0.29, 0.717) is 18.0 Å². The number of benzene rings is 1. The molecule has 148 valence electrons. The van der Waals surface area contributed by atoms with Crippen LogP contribution in [0.15, 0.2) is 29.3 Å². The molecular formula is C22H26N2O3S. The summed E-state index contributed by atoms with van der Waals surface area (Å²) >= 11 is 1.42. The number of nitrogens with one attached hydrogen (secondary N) is 1. The number of carboxylic acids is 1. The minimum Gasteiger partial charge on any atom is -0.481 e. The topological polar surface area (TPSA) is 79.3 Å². The van der Waals surface area contributed by atoms with Crippen LogP contribution in [0.4, 0.5) is 5.13 Å². The quantitative estimate of drug-likeness (QED) is 0.701. The van der Waals surface area contributed by atoms with Crippen LogP contribution in [0.2, 0.25) is 0 Å². The minimum atomic E-state index is -0.918. The van der Waals surface area contributed by atoms with Crippen molar-refractivity contribution in [3.63, 3.8) is 0 Å². The maximum absolute atomic E-state index is 12.9. The number of allylic oxidation sites excluding steroid dienone is 2. The first-order valence-electron chi connectivity index (χ1n) is 9.41. The van der Waals surface area contributed by atoms with Gasteiger partial charge in [-0.15, -0.1) is 11.3 Å². The molecule has 0 aliphatic heterocycles. The van der Waals surface area contributed by atoms with Gasteiger partial charge in [-0.3, -0.25) is 9.59 Å². The Hall–Kier alpha value is -2.47. The predicted molar refractivity (Wildman–Crippen MR) is 113 cm³/mol. The summed E-state index contributed by atoms with van der Waals surface area (Å²) in [5.41, 5.74) is 6.38. The maximum atomic E-state index is 12.9. The Labute approximate surface area is 169 Å². The van der Waals surface area contributed by atoms with Gasteiger partial charge in [0.2, 0.25) is 5.91 Å². The molecule has 0 unspecified atom stereocenters. The van der Waals surface area contributed by atoms with Gasteiger partial charge in [0.1, 0.15) is 0 Å². The summed E-state index contributed by atoms with van der Waals surface area (Å²) in [5.74, 6) is -2.45. The van der Waals surface area contributed by atoms with Crippen molar-refractivity contribution in [1.82, 2.24) is 4.98 Å². The molecule has 6 heteroatoms. The van der Waals surface area contributed by atoms with Crippen LogP contribution in [0.5, 0.6) is 0 Å². The molecule has 28 heavy (non-hydrogen) atoms. The molecule has 2 N–H and O–H groups in total. The lowest BCUT2D eigenvalue weighted by Crippen LogP contribution is -2.36. The zero-order valence-electron chi connectivity index (χ0n) is 16.9. The van der Waals surface area contributed by atoms with Gasteiger partial charge in [0.15, 0.2) is 5.13 Å². The van der Waals surface area contributed by atoms with Crippen molar-refractivity contribution in [2.45, 2.75) is 47.5 Å².